The molecule has 0 unspecified atom stereocenters. The monoisotopic (exact) mass is 311 g/mol. The third-order valence-corrected chi connectivity index (χ3v) is 5.13. The number of fused-ring (bicyclic) bond motifs is 1. The van der Waals surface area contributed by atoms with Crippen molar-refractivity contribution in [3.63, 3.8) is 0 Å². The van der Waals surface area contributed by atoms with E-state index in [-0.39, 0.29) is 11.8 Å². The molecule has 21 heavy (non-hydrogen) atoms. The normalized spacial score (nSPS) is 17.8. The molecular weight excluding hydrogens is 290 g/mol. The highest BCUT2D eigenvalue weighted by Crippen LogP contribution is 2.15. The van der Waals surface area contributed by atoms with Crippen LogP contribution in [0.2, 0.25) is 0 Å². The molecule has 0 saturated heterocycles. The van der Waals surface area contributed by atoms with Crippen LogP contribution in [0.1, 0.15) is 31.7 Å². The molecule has 1 N–H and O–H groups in total. The summed E-state index contributed by atoms with van der Waals surface area (Å²) in [6, 6.07) is 3.96. The highest BCUT2D eigenvalue weighted by Gasteiger charge is 2.21. The van der Waals surface area contributed by atoms with Gasteiger partial charge in [0.1, 0.15) is 6.07 Å². The van der Waals surface area contributed by atoms with Gasteiger partial charge in [-0.25, -0.2) is 13.1 Å². The van der Waals surface area contributed by atoms with Gasteiger partial charge in [0.05, 0.1) is 11.4 Å². The predicted octanol–water partition coefficient (Wildman–Crippen LogP) is 0.288. The predicted molar refractivity (Wildman–Crippen MR) is 78.9 cm³/mol. The number of nitriles is 1. The summed E-state index contributed by atoms with van der Waals surface area (Å²) in [6.45, 7) is 6.40. The molecule has 0 saturated carbocycles. The van der Waals surface area contributed by atoms with Gasteiger partial charge in [-0.3, -0.25) is 9.58 Å². The number of aryl methyl sites for hydroxylation is 1. The average molecular weight is 311 g/mol. The van der Waals surface area contributed by atoms with Crippen LogP contribution in [0.3, 0.4) is 0 Å². The van der Waals surface area contributed by atoms with Gasteiger partial charge in [0.15, 0.2) is 5.69 Å². The van der Waals surface area contributed by atoms with Gasteiger partial charge in [0.2, 0.25) is 10.0 Å². The van der Waals surface area contributed by atoms with Crippen molar-refractivity contribution in [3.8, 4) is 6.07 Å². The highest BCUT2D eigenvalue weighted by atomic mass is 32.2. The summed E-state index contributed by atoms with van der Waals surface area (Å²) in [4.78, 5) is 2.22. The maximum Gasteiger partial charge on any atom is 0.211 e. The van der Waals surface area contributed by atoms with Gasteiger partial charge in [-0.05, 0) is 26.3 Å². The molecule has 8 heteroatoms. The zero-order chi connectivity index (χ0) is 15.5. The van der Waals surface area contributed by atoms with E-state index in [0.29, 0.717) is 18.8 Å². The van der Waals surface area contributed by atoms with Crippen molar-refractivity contribution in [1.82, 2.24) is 19.4 Å². The molecular formula is C13H21N5O2S. The van der Waals surface area contributed by atoms with E-state index in [1.165, 1.54) is 0 Å². The van der Waals surface area contributed by atoms with Crippen LogP contribution in [0, 0.1) is 11.3 Å². The van der Waals surface area contributed by atoms with Crippen molar-refractivity contribution in [2.24, 2.45) is 0 Å². The zero-order valence-electron chi connectivity index (χ0n) is 12.4. The number of nitrogens with one attached hydrogen (secondary N) is 1. The minimum atomic E-state index is -3.16. The summed E-state index contributed by atoms with van der Waals surface area (Å²) >= 11 is 0. The maximum absolute atomic E-state index is 11.5. The summed E-state index contributed by atoms with van der Waals surface area (Å²) in [5.41, 5.74) is 1.44. The molecule has 1 aliphatic heterocycles. The van der Waals surface area contributed by atoms with E-state index in [1.807, 2.05) is 11.6 Å². The van der Waals surface area contributed by atoms with Gasteiger partial charge in [-0.1, -0.05) is 0 Å². The first kappa shape index (κ1) is 15.9. The smallest absolute Gasteiger partial charge is 0.211 e. The van der Waals surface area contributed by atoms with E-state index in [2.05, 4.69) is 20.8 Å². The summed E-state index contributed by atoms with van der Waals surface area (Å²) in [5.74, 6) is 0.0953. The molecule has 0 radical (unpaired) electrons. The van der Waals surface area contributed by atoms with Crippen molar-refractivity contribution in [3.05, 3.63) is 17.5 Å². The van der Waals surface area contributed by atoms with Crippen LogP contribution >= 0.6 is 0 Å². The van der Waals surface area contributed by atoms with Gasteiger partial charge in [-0.15, -0.1) is 0 Å². The number of hydrogen-bond acceptors (Lipinski definition) is 5. The van der Waals surface area contributed by atoms with E-state index in [9.17, 15) is 8.42 Å². The topological polar surface area (TPSA) is 91.0 Å². The zero-order valence-corrected chi connectivity index (χ0v) is 13.2. The van der Waals surface area contributed by atoms with E-state index < -0.39 is 10.0 Å². The second-order valence-electron chi connectivity index (χ2n) is 5.28. The molecule has 0 aliphatic carbocycles. The van der Waals surface area contributed by atoms with Crippen LogP contribution in [0.5, 0.6) is 0 Å². The van der Waals surface area contributed by atoms with Crippen molar-refractivity contribution in [1.29, 1.82) is 5.26 Å². The number of nitrogens with zero attached hydrogens (tertiary/aromatic N) is 4. The third-order valence-electron chi connectivity index (χ3n) is 3.76. The Kier molecular flexibility index (Phi) is 4.98. The fourth-order valence-electron chi connectivity index (χ4n) is 2.40. The van der Waals surface area contributed by atoms with Gasteiger partial charge in [0.25, 0.3) is 0 Å². The molecule has 0 fully saturated rings. The van der Waals surface area contributed by atoms with Crippen LogP contribution in [0.15, 0.2) is 6.07 Å². The summed E-state index contributed by atoms with van der Waals surface area (Å²) in [5, 5.41) is 13.2. The van der Waals surface area contributed by atoms with Crippen LogP contribution in [-0.2, 0) is 23.1 Å². The second-order valence-corrected chi connectivity index (χ2v) is 7.38. The minimum absolute atomic E-state index is 0.0953. The van der Waals surface area contributed by atoms with Crippen LogP contribution in [0.25, 0.3) is 0 Å². The molecule has 7 nitrogen and oxygen atoms in total. The fourth-order valence-corrected chi connectivity index (χ4v) is 3.10. The Hall–Kier alpha value is -1.43. The molecule has 0 aromatic carbocycles. The Balaban J connectivity index is 2.02. The largest absolute Gasteiger partial charge is 0.293 e. The fraction of sp³-hybridized carbons (Fsp3) is 0.692. The van der Waals surface area contributed by atoms with Crippen molar-refractivity contribution < 1.29 is 8.42 Å². The number of sulfonamides is 1. The van der Waals surface area contributed by atoms with Gasteiger partial charge >= 0.3 is 0 Å². The Bertz CT molecular complexity index is 631. The van der Waals surface area contributed by atoms with Crippen LogP contribution < -0.4 is 4.72 Å². The summed E-state index contributed by atoms with van der Waals surface area (Å²) in [6.07, 6.45) is 0.935. The summed E-state index contributed by atoms with van der Waals surface area (Å²) < 4.78 is 27.5. The lowest BCUT2D eigenvalue weighted by atomic mass is 10.2. The molecule has 0 amide bonds. The first-order valence-electron chi connectivity index (χ1n) is 7.13. The highest BCUT2D eigenvalue weighted by molar-refractivity contribution is 7.89. The van der Waals surface area contributed by atoms with E-state index in [4.69, 9.17) is 5.26 Å². The van der Waals surface area contributed by atoms with Crippen molar-refractivity contribution in [2.75, 3.05) is 18.8 Å². The number of aromatic nitrogens is 2. The first-order chi connectivity index (χ1) is 9.95. The first-order valence-corrected chi connectivity index (χ1v) is 8.78. The molecule has 1 aliphatic rings. The van der Waals surface area contributed by atoms with Crippen LogP contribution in [0.4, 0.5) is 0 Å². The molecule has 1 atom stereocenters. The van der Waals surface area contributed by atoms with E-state index in [1.54, 1.807) is 13.0 Å². The van der Waals surface area contributed by atoms with E-state index >= 15 is 0 Å². The lowest BCUT2D eigenvalue weighted by Gasteiger charge is -2.27. The minimum Gasteiger partial charge on any atom is -0.293 e. The van der Waals surface area contributed by atoms with E-state index in [0.717, 1.165) is 25.2 Å². The lowest BCUT2D eigenvalue weighted by Crippen LogP contribution is -2.42. The standard InChI is InChI=1S/C13H21N5O2S/c1-3-21(19,20)15-9-11(2)17-5-4-6-18-13(10-17)7-12(8-14)16-18/h7,11,15H,3-6,9-10H2,1-2H3/t11-/m1/s1. The van der Waals surface area contributed by atoms with Crippen molar-refractivity contribution >= 4 is 10.0 Å². The Morgan fingerprint density at radius 2 is 2.29 bits per heavy atom. The maximum atomic E-state index is 11.5. The molecule has 1 aromatic rings. The molecule has 1 aromatic heterocycles. The Morgan fingerprint density at radius 3 is 2.95 bits per heavy atom. The molecule has 2 heterocycles. The van der Waals surface area contributed by atoms with Gasteiger partial charge in [0, 0.05) is 32.2 Å². The number of hydrogen-bond donors (Lipinski definition) is 1. The van der Waals surface area contributed by atoms with Gasteiger partial charge < -0.3 is 0 Å². The Morgan fingerprint density at radius 1 is 1.52 bits per heavy atom. The quantitative estimate of drug-likeness (QED) is 0.844. The van der Waals surface area contributed by atoms with Crippen molar-refractivity contribution in [2.45, 2.75) is 39.4 Å². The average Bonchev–Trinajstić information content (AvgIpc) is 2.76. The lowest BCUT2D eigenvalue weighted by molar-refractivity contribution is 0.204. The molecule has 0 bridgehead atoms. The number of rotatable bonds is 5. The third kappa shape index (κ3) is 4.03. The summed E-state index contributed by atoms with van der Waals surface area (Å²) in [7, 11) is -3.16. The molecule has 116 valence electrons. The second kappa shape index (κ2) is 6.56. The van der Waals surface area contributed by atoms with Gasteiger partial charge in [-0.2, -0.15) is 10.4 Å². The molecule has 2 rings (SSSR count). The SMILES string of the molecule is CCS(=O)(=O)NC[C@@H](C)N1CCCn2nc(C#N)cc2C1. The van der Waals surface area contributed by atoms with Crippen LogP contribution in [-0.4, -0.2) is 48.0 Å². The molecule has 0 spiro atoms. The Labute approximate surface area is 125 Å².